The zero-order chi connectivity index (χ0) is 17.4. The van der Waals surface area contributed by atoms with Crippen molar-refractivity contribution in [3.05, 3.63) is 50.6 Å². The fourth-order valence-electron chi connectivity index (χ4n) is 2.28. The summed E-state index contributed by atoms with van der Waals surface area (Å²) in [5, 5.41) is 7.66. The molecule has 0 spiro atoms. The normalized spacial score (nSPS) is 11.0. The highest BCUT2D eigenvalue weighted by Crippen LogP contribution is 2.32. The van der Waals surface area contributed by atoms with Crippen molar-refractivity contribution in [2.75, 3.05) is 5.32 Å². The van der Waals surface area contributed by atoms with Gasteiger partial charge in [-0.15, -0.1) is 0 Å². The van der Waals surface area contributed by atoms with Crippen LogP contribution < -0.4 is 10.9 Å². The zero-order valence-electron chi connectivity index (χ0n) is 12.9. The lowest BCUT2D eigenvalue weighted by molar-refractivity contribution is -0.116. The number of carbonyl (C=O) groups excluding carboxylic acids is 1. The maximum atomic E-state index is 12.4. The molecule has 1 N–H and O–H groups in total. The molecular weight excluding hydrogens is 353 g/mol. The topological polar surface area (TPSA) is 81.8 Å². The molecule has 24 heavy (non-hydrogen) atoms. The van der Waals surface area contributed by atoms with Crippen molar-refractivity contribution >= 4 is 45.8 Å². The summed E-state index contributed by atoms with van der Waals surface area (Å²) < 4.78 is 2.70. The third-order valence-electron chi connectivity index (χ3n) is 3.58. The van der Waals surface area contributed by atoms with Gasteiger partial charge in [0.25, 0.3) is 5.56 Å². The van der Waals surface area contributed by atoms with Crippen molar-refractivity contribution in [2.24, 2.45) is 7.05 Å². The molecule has 3 aromatic rings. The highest BCUT2D eigenvalue weighted by atomic mass is 35.5. The predicted molar refractivity (Wildman–Crippen MR) is 92.6 cm³/mol. The number of hydrogen-bond donors (Lipinski definition) is 1. The Balaban J connectivity index is 1.87. The first-order valence-corrected chi connectivity index (χ1v) is 7.75. The molecule has 1 amide bonds. The highest BCUT2D eigenvalue weighted by Gasteiger charge is 2.14. The van der Waals surface area contributed by atoms with Crippen LogP contribution in [0.5, 0.6) is 0 Å². The van der Waals surface area contributed by atoms with Gasteiger partial charge in [-0.2, -0.15) is 5.10 Å². The average molecular weight is 366 g/mol. The van der Waals surface area contributed by atoms with E-state index in [0.717, 1.165) is 5.56 Å². The predicted octanol–water partition coefficient (Wildman–Crippen LogP) is 2.38. The van der Waals surface area contributed by atoms with Gasteiger partial charge in [-0.1, -0.05) is 29.3 Å². The number of carbonyl (C=O) groups is 1. The van der Waals surface area contributed by atoms with Crippen LogP contribution in [-0.2, 0) is 18.4 Å². The van der Waals surface area contributed by atoms with Gasteiger partial charge in [-0.25, -0.2) is 4.98 Å². The molecule has 0 aliphatic carbocycles. The van der Waals surface area contributed by atoms with Gasteiger partial charge in [0.2, 0.25) is 5.91 Å². The van der Waals surface area contributed by atoms with Crippen LogP contribution in [0, 0.1) is 6.92 Å². The van der Waals surface area contributed by atoms with Gasteiger partial charge in [0, 0.05) is 7.05 Å². The minimum atomic E-state index is -0.434. The second kappa shape index (κ2) is 6.26. The number of rotatable bonds is 3. The van der Waals surface area contributed by atoms with Crippen LogP contribution in [0.4, 0.5) is 5.69 Å². The first-order chi connectivity index (χ1) is 11.4. The van der Waals surface area contributed by atoms with E-state index >= 15 is 0 Å². The minimum Gasteiger partial charge on any atom is -0.322 e. The number of hydrogen-bond acceptors (Lipinski definition) is 4. The van der Waals surface area contributed by atoms with E-state index in [0.29, 0.717) is 26.8 Å². The summed E-state index contributed by atoms with van der Waals surface area (Å²) in [4.78, 5) is 28.8. The van der Waals surface area contributed by atoms with E-state index in [1.165, 1.54) is 21.8 Å². The number of nitrogens with zero attached hydrogens (tertiary/aromatic N) is 4. The number of benzene rings is 1. The maximum Gasteiger partial charge on any atom is 0.264 e. The average Bonchev–Trinajstić information content (AvgIpc) is 2.92. The van der Waals surface area contributed by atoms with Gasteiger partial charge in [0.05, 0.1) is 21.9 Å². The third-order valence-corrected chi connectivity index (χ3v) is 4.38. The lowest BCUT2D eigenvalue weighted by Crippen LogP contribution is -2.28. The molecule has 0 saturated carbocycles. The van der Waals surface area contributed by atoms with E-state index in [9.17, 15) is 9.59 Å². The molecule has 3 rings (SSSR count). The van der Waals surface area contributed by atoms with Crippen LogP contribution in [0.15, 0.2) is 29.5 Å². The van der Waals surface area contributed by atoms with Gasteiger partial charge >= 0.3 is 0 Å². The van der Waals surface area contributed by atoms with Crippen molar-refractivity contribution in [1.29, 1.82) is 0 Å². The summed E-state index contributed by atoms with van der Waals surface area (Å²) in [6.07, 6.45) is 2.73. The summed E-state index contributed by atoms with van der Waals surface area (Å²) in [7, 11) is 1.69. The van der Waals surface area contributed by atoms with E-state index in [-0.39, 0.29) is 12.1 Å². The molecule has 124 valence electrons. The Bertz CT molecular complexity index is 1010. The van der Waals surface area contributed by atoms with Gasteiger partial charge in [0.1, 0.15) is 18.3 Å². The molecular formula is C15H13Cl2N5O2. The van der Waals surface area contributed by atoms with Crippen molar-refractivity contribution in [3.8, 4) is 0 Å². The molecule has 9 heteroatoms. The third kappa shape index (κ3) is 2.88. The number of anilines is 1. The van der Waals surface area contributed by atoms with Crippen molar-refractivity contribution < 1.29 is 4.79 Å². The number of halogens is 2. The van der Waals surface area contributed by atoms with Crippen molar-refractivity contribution in [2.45, 2.75) is 13.5 Å². The molecule has 2 heterocycles. The Hall–Kier alpha value is -2.38. The Morgan fingerprint density at radius 3 is 2.83 bits per heavy atom. The van der Waals surface area contributed by atoms with Crippen LogP contribution >= 0.6 is 23.2 Å². The van der Waals surface area contributed by atoms with E-state index < -0.39 is 5.91 Å². The molecule has 0 bridgehead atoms. The first-order valence-electron chi connectivity index (χ1n) is 7.00. The molecule has 0 unspecified atom stereocenters. The molecule has 0 radical (unpaired) electrons. The fraction of sp³-hybridized carbons (Fsp3) is 0.200. The van der Waals surface area contributed by atoms with Gasteiger partial charge in [0.15, 0.2) is 5.65 Å². The number of aromatic nitrogens is 4. The second-order valence-corrected chi connectivity index (χ2v) is 6.07. The number of aryl methyl sites for hydroxylation is 2. The first kappa shape index (κ1) is 16.5. The molecule has 0 saturated heterocycles. The SMILES string of the molecule is Cc1ccc(Cl)c(NC(=O)Cn2cnc3c(cnn3C)c2=O)c1Cl. The van der Waals surface area contributed by atoms with Gasteiger partial charge < -0.3 is 5.32 Å². The number of fused-ring (bicyclic) bond motifs is 1. The van der Waals surface area contributed by atoms with E-state index in [1.54, 1.807) is 26.1 Å². The lowest BCUT2D eigenvalue weighted by Gasteiger charge is -2.11. The summed E-state index contributed by atoms with van der Waals surface area (Å²) in [5.41, 5.74) is 1.23. The number of nitrogens with one attached hydrogen (secondary N) is 1. The van der Waals surface area contributed by atoms with Crippen LogP contribution in [0.3, 0.4) is 0 Å². The van der Waals surface area contributed by atoms with E-state index in [4.69, 9.17) is 23.2 Å². The second-order valence-electron chi connectivity index (χ2n) is 5.28. The Morgan fingerprint density at radius 1 is 1.33 bits per heavy atom. The van der Waals surface area contributed by atoms with Crippen molar-refractivity contribution in [1.82, 2.24) is 19.3 Å². The summed E-state index contributed by atoms with van der Waals surface area (Å²) >= 11 is 12.2. The smallest absolute Gasteiger partial charge is 0.264 e. The molecule has 0 atom stereocenters. The highest BCUT2D eigenvalue weighted by molar-refractivity contribution is 6.40. The summed E-state index contributed by atoms with van der Waals surface area (Å²) in [6.45, 7) is 1.59. The minimum absolute atomic E-state index is 0.211. The Labute approximate surface area is 146 Å². The van der Waals surface area contributed by atoms with Crippen LogP contribution in [0.1, 0.15) is 5.56 Å². The quantitative estimate of drug-likeness (QED) is 0.772. The molecule has 1 aromatic carbocycles. The van der Waals surface area contributed by atoms with Crippen LogP contribution in [0.2, 0.25) is 10.0 Å². The molecule has 0 aliphatic heterocycles. The van der Waals surface area contributed by atoms with Crippen molar-refractivity contribution in [3.63, 3.8) is 0 Å². The van der Waals surface area contributed by atoms with Crippen LogP contribution in [0.25, 0.3) is 11.0 Å². The summed E-state index contributed by atoms with van der Waals surface area (Å²) in [6, 6.07) is 3.40. The largest absolute Gasteiger partial charge is 0.322 e. The van der Waals surface area contributed by atoms with E-state index in [2.05, 4.69) is 15.4 Å². The Morgan fingerprint density at radius 2 is 2.08 bits per heavy atom. The lowest BCUT2D eigenvalue weighted by atomic mass is 10.2. The van der Waals surface area contributed by atoms with Gasteiger partial charge in [-0.05, 0) is 18.6 Å². The monoisotopic (exact) mass is 365 g/mol. The molecule has 7 nitrogen and oxygen atoms in total. The molecule has 2 aromatic heterocycles. The standard InChI is InChI=1S/C15H13Cl2N5O2/c1-8-3-4-10(16)13(12(8)17)20-11(23)6-22-7-18-14-9(15(22)24)5-19-21(14)2/h3-5,7H,6H2,1-2H3,(H,20,23). The summed E-state index contributed by atoms with van der Waals surface area (Å²) in [5.74, 6) is -0.434. The number of amides is 1. The fourth-order valence-corrected chi connectivity index (χ4v) is 2.75. The van der Waals surface area contributed by atoms with Gasteiger partial charge in [-0.3, -0.25) is 18.8 Å². The Kier molecular flexibility index (Phi) is 4.29. The van der Waals surface area contributed by atoms with E-state index in [1.807, 2.05) is 0 Å². The van der Waals surface area contributed by atoms with Crippen LogP contribution in [-0.4, -0.2) is 25.2 Å². The molecule has 0 aliphatic rings. The molecule has 0 fully saturated rings. The maximum absolute atomic E-state index is 12.4. The zero-order valence-corrected chi connectivity index (χ0v) is 14.4.